The topological polar surface area (TPSA) is 92.4 Å². The molecule has 0 bridgehead atoms. The third kappa shape index (κ3) is 3.00. The summed E-state index contributed by atoms with van der Waals surface area (Å²) in [6, 6.07) is 4.57. The molecule has 1 aliphatic rings. The molecule has 1 aromatic carbocycles. The smallest absolute Gasteiger partial charge is 0.335 e. The normalized spacial score (nSPS) is 21.4. The molecule has 0 aliphatic heterocycles. The van der Waals surface area contributed by atoms with Crippen molar-refractivity contribution >= 4 is 17.6 Å². The van der Waals surface area contributed by atoms with Gasteiger partial charge in [0.1, 0.15) is 0 Å². The molecule has 0 spiro atoms. The van der Waals surface area contributed by atoms with Crippen molar-refractivity contribution < 1.29 is 14.7 Å². The number of carboxylic acids is 1. The zero-order valence-corrected chi connectivity index (χ0v) is 10.6. The van der Waals surface area contributed by atoms with E-state index in [-0.39, 0.29) is 23.4 Å². The minimum absolute atomic E-state index is 0.0813. The number of carbonyl (C=O) groups excluding carboxylic acids is 1. The van der Waals surface area contributed by atoms with Gasteiger partial charge in [-0.15, -0.1) is 0 Å². The van der Waals surface area contributed by atoms with E-state index < -0.39 is 5.97 Å². The molecule has 19 heavy (non-hydrogen) atoms. The van der Waals surface area contributed by atoms with Crippen LogP contribution in [-0.2, 0) is 4.79 Å². The Morgan fingerprint density at radius 1 is 1.37 bits per heavy atom. The molecule has 0 saturated carbocycles. The van der Waals surface area contributed by atoms with Crippen LogP contribution in [0.3, 0.4) is 0 Å². The second-order valence-corrected chi connectivity index (χ2v) is 4.72. The van der Waals surface area contributed by atoms with Gasteiger partial charge in [0.05, 0.1) is 11.5 Å². The first-order valence-corrected chi connectivity index (χ1v) is 6.06. The molecule has 0 heterocycles. The Morgan fingerprint density at radius 2 is 2.11 bits per heavy atom. The van der Waals surface area contributed by atoms with Crippen molar-refractivity contribution in [1.29, 1.82) is 0 Å². The van der Waals surface area contributed by atoms with E-state index in [1.807, 2.05) is 13.0 Å². The second-order valence-electron chi connectivity index (χ2n) is 4.72. The van der Waals surface area contributed by atoms with E-state index in [0.717, 1.165) is 5.56 Å². The molecule has 5 nitrogen and oxygen atoms in total. The molecule has 0 fully saturated rings. The molecule has 5 heteroatoms. The zero-order chi connectivity index (χ0) is 14.0. The molecular formula is C14H16N2O3. The van der Waals surface area contributed by atoms with Crippen molar-refractivity contribution in [3.63, 3.8) is 0 Å². The van der Waals surface area contributed by atoms with Crippen LogP contribution in [0.5, 0.6) is 0 Å². The van der Waals surface area contributed by atoms with Gasteiger partial charge in [-0.2, -0.15) is 0 Å². The number of benzene rings is 1. The summed E-state index contributed by atoms with van der Waals surface area (Å²) in [6.07, 6.45) is 4.19. The Labute approximate surface area is 111 Å². The lowest BCUT2D eigenvalue weighted by molar-refractivity contribution is -0.118. The molecule has 0 aromatic heterocycles. The molecule has 4 N–H and O–H groups in total. The van der Waals surface area contributed by atoms with E-state index in [0.29, 0.717) is 12.1 Å². The van der Waals surface area contributed by atoms with E-state index in [1.54, 1.807) is 12.1 Å². The molecule has 2 rings (SSSR count). The predicted molar refractivity (Wildman–Crippen MR) is 72.0 cm³/mol. The summed E-state index contributed by atoms with van der Waals surface area (Å²) in [5.41, 5.74) is 7.21. The van der Waals surface area contributed by atoms with Crippen molar-refractivity contribution in [2.75, 3.05) is 5.32 Å². The number of nitrogens with one attached hydrogen (secondary N) is 1. The third-order valence-electron chi connectivity index (χ3n) is 3.20. The first kappa shape index (κ1) is 13.3. The van der Waals surface area contributed by atoms with E-state index in [2.05, 4.69) is 5.32 Å². The van der Waals surface area contributed by atoms with Gasteiger partial charge in [-0.3, -0.25) is 4.79 Å². The van der Waals surface area contributed by atoms with Crippen molar-refractivity contribution in [3.8, 4) is 0 Å². The highest BCUT2D eigenvalue weighted by molar-refractivity contribution is 5.96. The van der Waals surface area contributed by atoms with E-state index in [1.165, 1.54) is 12.1 Å². The zero-order valence-electron chi connectivity index (χ0n) is 10.6. The maximum atomic E-state index is 12.0. The fraction of sp³-hybridized carbons (Fsp3) is 0.286. The number of hydrogen-bond acceptors (Lipinski definition) is 3. The summed E-state index contributed by atoms with van der Waals surface area (Å²) in [7, 11) is 0. The van der Waals surface area contributed by atoms with Crippen LogP contribution >= 0.6 is 0 Å². The standard InChI is InChI=1S/C14H16N2O3/c1-8-2-3-10(14(18)19)7-12(8)16-13(17)9-4-5-11(15)6-9/h2-5,7,9,11H,6,15H2,1H3,(H,16,17)(H,18,19). The quantitative estimate of drug-likeness (QED) is 0.719. The highest BCUT2D eigenvalue weighted by Gasteiger charge is 2.23. The molecule has 2 atom stereocenters. The SMILES string of the molecule is Cc1ccc(C(=O)O)cc1NC(=O)C1C=CC(N)C1. The monoisotopic (exact) mass is 260 g/mol. The van der Waals surface area contributed by atoms with Gasteiger partial charge in [0.25, 0.3) is 0 Å². The summed E-state index contributed by atoms with van der Waals surface area (Å²) in [4.78, 5) is 22.9. The average Bonchev–Trinajstić information content (AvgIpc) is 2.78. The fourth-order valence-electron chi connectivity index (χ4n) is 2.04. The molecule has 0 saturated heterocycles. The summed E-state index contributed by atoms with van der Waals surface area (Å²) < 4.78 is 0. The van der Waals surface area contributed by atoms with E-state index >= 15 is 0 Å². The van der Waals surface area contributed by atoms with Gasteiger partial charge >= 0.3 is 5.97 Å². The van der Waals surface area contributed by atoms with Gasteiger partial charge < -0.3 is 16.2 Å². The Hall–Kier alpha value is -2.14. The van der Waals surface area contributed by atoms with Gasteiger partial charge in [0, 0.05) is 11.7 Å². The minimum Gasteiger partial charge on any atom is -0.478 e. The Balaban J connectivity index is 2.14. The van der Waals surface area contributed by atoms with Crippen molar-refractivity contribution in [1.82, 2.24) is 0 Å². The number of hydrogen-bond donors (Lipinski definition) is 3. The fourth-order valence-corrected chi connectivity index (χ4v) is 2.04. The van der Waals surface area contributed by atoms with Gasteiger partial charge in [-0.05, 0) is 31.0 Å². The number of anilines is 1. The third-order valence-corrected chi connectivity index (χ3v) is 3.20. The first-order valence-electron chi connectivity index (χ1n) is 6.06. The van der Waals surface area contributed by atoms with Gasteiger partial charge in [-0.25, -0.2) is 4.79 Å². The summed E-state index contributed by atoms with van der Waals surface area (Å²) >= 11 is 0. The highest BCUT2D eigenvalue weighted by atomic mass is 16.4. The molecule has 100 valence electrons. The molecule has 1 amide bonds. The molecule has 1 aromatic rings. The molecule has 2 unspecified atom stereocenters. The summed E-state index contributed by atoms with van der Waals surface area (Å²) in [5.74, 6) is -1.42. The lowest BCUT2D eigenvalue weighted by atomic mass is 10.1. The maximum absolute atomic E-state index is 12.0. The number of aryl methyl sites for hydroxylation is 1. The average molecular weight is 260 g/mol. The lowest BCUT2D eigenvalue weighted by Crippen LogP contribution is -2.24. The maximum Gasteiger partial charge on any atom is 0.335 e. The first-order chi connectivity index (χ1) is 8.97. The van der Waals surface area contributed by atoms with E-state index in [4.69, 9.17) is 10.8 Å². The van der Waals surface area contributed by atoms with Crippen molar-refractivity contribution in [2.24, 2.45) is 11.7 Å². The number of amides is 1. The summed E-state index contributed by atoms with van der Waals surface area (Å²) in [5, 5.41) is 11.7. The van der Waals surface area contributed by atoms with Crippen LogP contribution in [0.4, 0.5) is 5.69 Å². The van der Waals surface area contributed by atoms with Gasteiger partial charge in [-0.1, -0.05) is 18.2 Å². The molecule has 0 radical (unpaired) electrons. The van der Waals surface area contributed by atoms with Crippen LogP contribution in [0, 0.1) is 12.8 Å². The van der Waals surface area contributed by atoms with Crippen LogP contribution in [0.25, 0.3) is 0 Å². The van der Waals surface area contributed by atoms with Gasteiger partial charge in [0.2, 0.25) is 5.91 Å². The highest BCUT2D eigenvalue weighted by Crippen LogP contribution is 2.21. The van der Waals surface area contributed by atoms with Crippen LogP contribution in [0.15, 0.2) is 30.4 Å². The number of rotatable bonds is 3. The lowest BCUT2D eigenvalue weighted by Gasteiger charge is -2.13. The van der Waals surface area contributed by atoms with Gasteiger partial charge in [0.15, 0.2) is 0 Å². The largest absolute Gasteiger partial charge is 0.478 e. The van der Waals surface area contributed by atoms with Crippen molar-refractivity contribution in [2.45, 2.75) is 19.4 Å². The number of carbonyl (C=O) groups is 2. The van der Waals surface area contributed by atoms with Crippen LogP contribution in [-0.4, -0.2) is 23.0 Å². The van der Waals surface area contributed by atoms with E-state index in [9.17, 15) is 9.59 Å². The van der Waals surface area contributed by atoms with Crippen LogP contribution < -0.4 is 11.1 Å². The minimum atomic E-state index is -1.02. The number of nitrogens with two attached hydrogens (primary N) is 1. The van der Waals surface area contributed by atoms with Crippen molar-refractivity contribution in [3.05, 3.63) is 41.5 Å². The molecule has 1 aliphatic carbocycles. The predicted octanol–water partition coefficient (Wildman–Crippen LogP) is 1.54. The summed E-state index contributed by atoms with van der Waals surface area (Å²) in [6.45, 7) is 1.82. The number of carboxylic acid groups (broad SMARTS) is 1. The number of aromatic carboxylic acids is 1. The molecular weight excluding hydrogens is 244 g/mol. The van der Waals surface area contributed by atoms with Crippen LogP contribution in [0.2, 0.25) is 0 Å². The Kier molecular flexibility index (Phi) is 3.66. The second kappa shape index (κ2) is 5.24. The Bertz CT molecular complexity index is 552. The van der Waals surface area contributed by atoms with Crippen LogP contribution in [0.1, 0.15) is 22.3 Å². The Morgan fingerprint density at radius 3 is 2.68 bits per heavy atom.